The summed E-state index contributed by atoms with van der Waals surface area (Å²) in [5.74, 6) is -0.468. The topological polar surface area (TPSA) is 40.5 Å². The van der Waals surface area contributed by atoms with E-state index in [0.29, 0.717) is 6.07 Å². The average molecular weight is 290 g/mol. The summed E-state index contributed by atoms with van der Waals surface area (Å²) in [6.07, 6.45) is -9.23. The number of halogens is 6. The predicted octanol–water partition coefficient (Wildman–Crippen LogP) is 3.86. The summed E-state index contributed by atoms with van der Waals surface area (Å²) in [7, 11) is 0. The lowest BCUT2D eigenvalue weighted by Gasteiger charge is -2.10. The van der Waals surface area contributed by atoms with Gasteiger partial charge in [0.2, 0.25) is 0 Å². The van der Waals surface area contributed by atoms with Gasteiger partial charge in [0.1, 0.15) is 5.75 Å². The highest BCUT2D eigenvalue weighted by Gasteiger charge is 2.33. The van der Waals surface area contributed by atoms with Gasteiger partial charge in [0.05, 0.1) is 12.2 Å². The van der Waals surface area contributed by atoms with Crippen LogP contribution in [-0.2, 0) is 12.8 Å². The highest BCUT2D eigenvalue weighted by atomic mass is 19.4. The third-order valence-corrected chi connectivity index (χ3v) is 1.97. The zero-order valence-electron chi connectivity index (χ0n) is 9.81. The van der Waals surface area contributed by atoms with E-state index in [1.165, 1.54) is 0 Å². The molecule has 0 saturated heterocycles. The second kappa shape index (κ2) is 6.65. The molecule has 0 atom stereocenters. The number of aromatic hydroxyl groups is 1. The van der Waals surface area contributed by atoms with Gasteiger partial charge in [0.15, 0.2) is 0 Å². The number of benzene rings is 1. The lowest BCUT2D eigenvalue weighted by Crippen LogP contribution is -2.08. The van der Waals surface area contributed by atoms with Gasteiger partial charge in [0.25, 0.3) is 0 Å². The van der Waals surface area contributed by atoms with Crippen LogP contribution in [0.2, 0.25) is 0 Å². The minimum absolute atomic E-state index is 0.245. The van der Waals surface area contributed by atoms with E-state index < -0.39 is 36.7 Å². The average Bonchev–Trinajstić information content (AvgIpc) is 2.28. The molecule has 110 valence electrons. The smallest absolute Gasteiger partial charge is 0.416 e. The SMILES string of the molecule is CCC(F)(F)F.OCc1ccc(O)cc1C(F)(F)F. The molecule has 0 aliphatic heterocycles. The molecule has 0 aliphatic rings. The third kappa shape index (κ3) is 6.90. The first-order valence-corrected chi connectivity index (χ1v) is 5.08. The molecule has 0 amide bonds. The minimum Gasteiger partial charge on any atom is -0.508 e. The maximum absolute atomic E-state index is 12.2. The summed E-state index contributed by atoms with van der Waals surface area (Å²) in [6.45, 7) is 0.384. The molecule has 0 aliphatic carbocycles. The van der Waals surface area contributed by atoms with Crippen molar-refractivity contribution in [1.29, 1.82) is 0 Å². The summed E-state index contributed by atoms with van der Waals surface area (Å²) >= 11 is 0. The van der Waals surface area contributed by atoms with Gasteiger partial charge in [-0.1, -0.05) is 13.0 Å². The maximum Gasteiger partial charge on any atom is 0.416 e. The minimum atomic E-state index is -4.54. The van der Waals surface area contributed by atoms with Crippen molar-refractivity contribution >= 4 is 0 Å². The Labute approximate surface area is 105 Å². The van der Waals surface area contributed by atoms with Gasteiger partial charge in [-0.2, -0.15) is 26.3 Å². The van der Waals surface area contributed by atoms with E-state index in [1.54, 1.807) is 0 Å². The van der Waals surface area contributed by atoms with Crippen LogP contribution < -0.4 is 0 Å². The van der Waals surface area contributed by atoms with E-state index in [1.807, 2.05) is 0 Å². The number of phenols is 1. The molecule has 8 heteroatoms. The summed E-state index contributed by atoms with van der Waals surface area (Å²) < 4.78 is 68.9. The molecular weight excluding hydrogens is 278 g/mol. The fourth-order valence-electron chi connectivity index (χ4n) is 0.966. The van der Waals surface area contributed by atoms with Crippen LogP contribution in [0.3, 0.4) is 0 Å². The molecule has 0 spiro atoms. The van der Waals surface area contributed by atoms with E-state index in [-0.39, 0.29) is 5.56 Å². The summed E-state index contributed by atoms with van der Waals surface area (Å²) in [4.78, 5) is 0. The quantitative estimate of drug-likeness (QED) is 0.771. The molecule has 1 aromatic rings. The number of rotatable bonds is 1. The molecule has 1 aromatic carbocycles. The van der Waals surface area contributed by atoms with E-state index in [9.17, 15) is 26.3 Å². The molecule has 0 aromatic heterocycles. The Morgan fingerprint density at radius 2 is 1.53 bits per heavy atom. The van der Waals surface area contributed by atoms with Crippen LogP contribution in [0.25, 0.3) is 0 Å². The molecule has 2 N–H and O–H groups in total. The lowest BCUT2D eigenvalue weighted by molar-refractivity contribution is -0.138. The first kappa shape index (κ1) is 17.6. The Bertz CT molecular complexity index is 397. The van der Waals surface area contributed by atoms with Gasteiger partial charge in [0, 0.05) is 6.42 Å². The molecule has 19 heavy (non-hydrogen) atoms. The van der Waals surface area contributed by atoms with Gasteiger partial charge in [-0.3, -0.25) is 0 Å². The normalized spacial score (nSPS) is 11.8. The second-order valence-corrected chi connectivity index (χ2v) is 3.47. The van der Waals surface area contributed by atoms with Crippen LogP contribution in [0, 0.1) is 0 Å². The van der Waals surface area contributed by atoms with Crippen molar-refractivity contribution in [3.8, 4) is 5.75 Å². The van der Waals surface area contributed by atoms with Crippen molar-refractivity contribution in [1.82, 2.24) is 0 Å². The third-order valence-electron chi connectivity index (χ3n) is 1.97. The van der Waals surface area contributed by atoms with E-state index in [0.717, 1.165) is 19.1 Å². The van der Waals surface area contributed by atoms with Crippen LogP contribution in [-0.4, -0.2) is 16.4 Å². The number of phenolic OH excluding ortho intramolecular Hbond substituents is 1. The van der Waals surface area contributed by atoms with Crippen molar-refractivity contribution in [2.75, 3.05) is 0 Å². The zero-order chi connectivity index (χ0) is 15.3. The summed E-state index contributed by atoms with van der Waals surface area (Å²) in [5.41, 5.74) is -1.25. The number of hydrogen-bond donors (Lipinski definition) is 2. The Balaban J connectivity index is 0.000000459. The molecule has 0 fully saturated rings. The second-order valence-electron chi connectivity index (χ2n) is 3.47. The van der Waals surface area contributed by atoms with Crippen LogP contribution in [0.1, 0.15) is 24.5 Å². The van der Waals surface area contributed by atoms with Crippen molar-refractivity contribution in [3.63, 3.8) is 0 Å². The molecule has 0 radical (unpaired) electrons. The van der Waals surface area contributed by atoms with Crippen molar-refractivity contribution in [3.05, 3.63) is 29.3 Å². The van der Waals surface area contributed by atoms with Gasteiger partial charge in [-0.05, 0) is 17.7 Å². The van der Waals surface area contributed by atoms with Crippen LogP contribution in [0.5, 0.6) is 5.75 Å². The Hall–Kier alpha value is -1.44. The van der Waals surface area contributed by atoms with Crippen molar-refractivity contribution in [2.24, 2.45) is 0 Å². The molecule has 1 rings (SSSR count). The molecule has 0 bridgehead atoms. The lowest BCUT2D eigenvalue weighted by atomic mass is 10.1. The first-order chi connectivity index (χ1) is 8.51. The number of aliphatic hydroxyl groups is 1. The van der Waals surface area contributed by atoms with E-state index >= 15 is 0 Å². The van der Waals surface area contributed by atoms with Gasteiger partial charge < -0.3 is 10.2 Å². The van der Waals surface area contributed by atoms with Gasteiger partial charge >= 0.3 is 12.4 Å². The predicted molar refractivity (Wildman–Crippen MR) is 55.4 cm³/mol. The standard InChI is InChI=1S/C8H7F3O2.C3H5F3/c9-8(10,11)7-3-6(13)2-1-5(7)4-12;1-2-3(4,5)6/h1-3,12-13H,4H2;2H2,1H3. The Morgan fingerprint density at radius 3 is 1.84 bits per heavy atom. The highest BCUT2D eigenvalue weighted by Crippen LogP contribution is 2.34. The zero-order valence-corrected chi connectivity index (χ0v) is 9.81. The summed E-state index contributed by atoms with van der Waals surface area (Å²) in [5, 5.41) is 17.4. The van der Waals surface area contributed by atoms with E-state index in [4.69, 9.17) is 10.2 Å². The Kier molecular flexibility index (Phi) is 6.14. The van der Waals surface area contributed by atoms with Crippen LogP contribution >= 0.6 is 0 Å². The monoisotopic (exact) mass is 290 g/mol. The summed E-state index contributed by atoms with van der Waals surface area (Å²) in [6, 6.07) is 2.73. The number of hydrogen-bond acceptors (Lipinski definition) is 2. The molecule has 0 heterocycles. The largest absolute Gasteiger partial charge is 0.508 e. The molecule has 2 nitrogen and oxygen atoms in total. The number of alkyl halides is 6. The number of aliphatic hydroxyl groups excluding tert-OH is 1. The van der Waals surface area contributed by atoms with Gasteiger partial charge in [-0.25, -0.2) is 0 Å². The maximum atomic E-state index is 12.2. The molecule has 0 unspecified atom stereocenters. The van der Waals surface area contributed by atoms with Crippen molar-refractivity contribution in [2.45, 2.75) is 32.3 Å². The van der Waals surface area contributed by atoms with Crippen molar-refractivity contribution < 1.29 is 36.6 Å². The van der Waals surface area contributed by atoms with Gasteiger partial charge in [-0.15, -0.1) is 0 Å². The highest BCUT2D eigenvalue weighted by molar-refractivity contribution is 5.36. The Morgan fingerprint density at radius 1 is 1.05 bits per heavy atom. The fourth-order valence-corrected chi connectivity index (χ4v) is 0.966. The van der Waals surface area contributed by atoms with Crippen LogP contribution in [0.15, 0.2) is 18.2 Å². The van der Waals surface area contributed by atoms with Crippen LogP contribution in [0.4, 0.5) is 26.3 Å². The molecular formula is C11H12F6O2. The first-order valence-electron chi connectivity index (χ1n) is 5.08. The van der Waals surface area contributed by atoms with E-state index in [2.05, 4.69) is 0 Å². The molecule has 0 saturated carbocycles. The fraction of sp³-hybridized carbons (Fsp3) is 0.455.